The zero-order valence-corrected chi connectivity index (χ0v) is 15.2. The molecule has 1 aliphatic heterocycles. The van der Waals surface area contributed by atoms with Crippen molar-refractivity contribution in [1.82, 2.24) is 15.1 Å². The van der Waals surface area contributed by atoms with E-state index in [2.05, 4.69) is 15.5 Å². The number of carbonyl (C=O) groups is 1. The van der Waals surface area contributed by atoms with Gasteiger partial charge in [0.05, 0.1) is 25.8 Å². The molecule has 152 valence electrons. The van der Waals surface area contributed by atoms with Crippen molar-refractivity contribution in [1.29, 1.82) is 0 Å². The number of alkyl halides is 3. The van der Waals surface area contributed by atoms with Crippen LogP contribution in [-0.4, -0.2) is 48.4 Å². The van der Waals surface area contributed by atoms with Crippen LogP contribution in [0.1, 0.15) is 30.5 Å². The molecular weight excluding hydrogens is 381 g/mol. The molecule has 1 fully saturated rings. The van der Waals surface area contributed by atoms with Gasteiger partial charge in [-0.1, -0.05) is 0 Å². The van der Waals surface area contributed by atoms with Crippen LogP contribution in [0.15, 0.2) is 22.6 Å². The Morgan fingerprint density at radius 3 is 2.71 bits per heavy atom. The Labute approximate surface area is 158 Å². The van der Waals surface area contributed by atoms with Gasteiger partial charge in [0.2, 0.25) is 5.89 Å². The van der Waals surface area contributed by atoms with Crippen LogP contribution in [0, 0.1) is 0 Å². The summed E-state index contributed by atoms with van der Waals surface area (Å²) < 4.78 is 53.1. The van der Waals surface area contributed by atoms with Gasteiger partial charge in [0.1, 0.15) is 11.5 Å². The van der Waals surface area contributed by atoms with Crippen LogP contribution in [-0.2, 0) is 6.18 Å². The standard InChI is InChI=1S/C17H19F3N4O4/c1-26-11-5-6-12(13(8-11)27-2)21-16(25)24-7-3-4-10(9-24)14-22-23-15(28-14)17(18,19)20/h5-6,8,10H,3-4,7,9H2,1-2H3,(H,21,25). The van der Waals surface area contributed by atoms with E-state index in [0.717, 1.165) is 0 Å². The molecule has 1 aromatic heterocycles. The van der Waals surface area contributed by atoms with Crippen LogP contribution in [0.5, 0.6) is 11.5 Å². The summed E-state index contributed by atoms with van der Waals surface area (Å²) in [5, 5.41) is 9.30. The van der Waals surface area contributed by atoms with Gasteiger partial charge in [-0.25, -0.2) is 4.79 Å². The first kappa shape index (κ1) is 19.8. The number of nitrogens with zero attached hydrogens (tertiary/aromatic N) is 3. The third-order valence-electron chi connectivity index (χ3n) is 4.39. The Morgan fingerprint density at radius 1 is 1.29 bits per heavy atom. The Morgan fingerprint density at radius 2 is 2.07 bits per heavy atom. The molecular formula is C17H19F3N4O4. The lowest BCUT2D eigenvalue weighted by Gasteiger charge is -2.31. The van der Waals surface area contributed by atoms with Crippen molar-refractivity contribution in [3.63, 3.8) is 0 Å². The van der Waals surface area contributed by atoms with Crippen molar-refractivity contribution < 1.29 is 31.9 Å². The fraction of sp³-hybridized carbons (Fsp3) is 0.471. The van der Waals surface area contributed by atoms with Crippen LogP contribution >= 0.6 is 0 Å². The number of rotatable bonds is 4. The molecule has 0 radical (unpaired) electrons. The molecule has 1 N–H and O–H groups in total. The van der Waals surface area contributed by atoms with E-state index in [-0.39, 0.29) is 12.4 Å². The first-order valence-electron chi connectivity index (χ1n) is 8.50. The number of nitrogens with one attached hydrogen (secondary N) is 1. The molecule has 2 amide bonds. The smallest absolute Gasteiger partial charge is 0.470 e. The lowest BCUT2D eigenvalue weighted by atomic mass is 9.98. The highest BCUT2D eigenvalue weighted by molar-refractivity contribution is 5.91. The predicted octanol–water partition coefficient (Wildman–Crippen LogP) is 3.52. The zero-order valence-electron chi connectivity index (χ0n) is 15.2. The Balaban J connectivity index is 1.69. The molecule has 11 heteroatoms. The van der Waals surface area contributed by atoms with E-state index in [9.17, 15) is 18.0 Å². The van der Waals surface area contributed by atoms with Crippen molar-refractivity contribution in [2.75, 3.05) is 32.6 Å². The second kappa shape index (κ2) is 7.95. The molecule has 3 rings (SSSR count). The maximum Gasteiger partial charge on any atom is 0.470 e. The highest BCUT2D eigenvalue weighted by atomic mass is 19.4. The van der Waals surface area contributed by atoms with Gasteiger partial charge in [-0.3, -0.25) is 0 Å². The summed E-state index contributed by atoms with van der Waals surface area (Å²) in [6.45, 7) is 0.630. The van der Waals surface area contributed by atoms with Crippen LogP contribution in [0.3, 0.4) is 0 Å². The number of likely N-dealkylation sites (tertiary alicyclic amines) is 1. The predicted molar refractivity (Wildman–Crippen MR) is 91.4 cm³/mol. The Kier molecular flexibility index (Phi) is 5.61. The second-order valence-corrected chi connectivity index (χ2v) is 6.22. The van der Waals surface area contributed by atoms with E-state index in [1.807, 2.05) is 0 Å². The first-order chi connectivity index (χ1) is 13.3. The molecule has 0 saturated carbocycles. The van der Waals surface area contributed by atoms with Crippen molar-refractivity contribution in [2.45, 2.75) is 24.9 Å². The highest BCUT2D eigenvalue weighted by Gasteiger charge is 2.39. The van der Waals surface area contributed by atoms with Crippen molar-refractivity contribution in [3.05, 3.63) is 30.0 Å². The van der Waals surface area contributed by atoms with E-state index < -0.39 is 24.0 Å². The zero-order chi connectivity index (χ0) is 20.3. The Hall–Kier alpha value is -2.98. The average molecular weight is 400 g/mol. The lowest BCUT2D eigenvalue weighted by molar-refractivity contribution is -0.157. The molecule has 1 aromatic carbocycles. The van der Waals surface area contributed by atoms with Gasteiger partial charge < -0.3 is 24.1 Å². The van der Waals surface area contributed by atoms with E-state index in [1.54, 1.807) is 18.2 Å². The molecule has 0 bridgehead atoms. The van der Waals surface area contributed by atoms with Crippen molar-refractivity contribution in [3.8, 4) is 11.5 Å². The third-order valence-corrected chi connectivity index (χ3v) is 4.39. The first-order valence-corrected chi connectivity index (χ1v) is 8.50. The minimum Gasteiger partial charge on any atom is -0.497 e. The summed E-state index contributed by atoms with van der Waals surface area (Å²) in [5.74, 6) is -0.961. The summed E-state index contributed by atoms with van der Waals surface area (Å²) in [5.41, 5.74) is 0.451. The number of benzene rings is 1. The largest absolute Gasteiger partial charge is 0.497 e. The third kappa shape index (κ3) is 4.29. The number of urea groups is 1. The monoisotopic (exact) mass is 400 g/mol. The van der Waals surface area contributed by atoms with Gasteiger partial charge in [0.15, 0.2) is 0 Å². The Bertz CT molecular complexity index is 840. The highest BCUT2D eigenvalue weighted by Crippen LogP contribution is 2.33. The average Bonchev–Trinajstić information content (AvgIpc) is 3.19. The van der Waals surface area contributed by atoms with Crippen LogP contribution in [0.2, 0.25) is 0 Å². The molecule has 1 unspecified atom stereocenters. The fourth-order valence-electron chi connectivity index (χ4n) is 2.97. The van der Waals surface area contributed by atoms with E-state index in [0.29, 0.717) is 36.6 Å². The number of hydrogen-bond acceptors (Lipinski definition) is 6. The van der Waals surface area contributed by atoms with Crippen molar-refractivity contribution in [2.24, 2.45) is 0 Å². The molecule has 2 heterocycles. The number of piperidine rings is 1. The van der Waals surface area contributed by atoms with Gasteiger partial charge in [0, 0.05) is 19.2 Å². The van der Waals surface area contributed by atoms with Crippen LogP contribution in [0.4, 0.5) is 23.7 Å². The molecule has 0 aliphatic carbocycles. The SMILES string of the molecule is COc1ccc(NC(=O)N2CCCC(c3nnc(C(F)(F)F)o3)C2)c(OC)c1. The number of hydrogen-bond donors (Lipinski definition) is 1. The quantitative estimate of drug-likeness (QED) is 0.845. The van der Waals surface area contributed by atoms with Crippen molar-refractivity contribution >= 4 is 11.7 Å². The van der Waals surface area contributed by atoms with E-state index in [1.165, 1.54) is 19.1 Å². The van der Waals surface area contributed by atoms with E-state index >= 15 is 0 Å². The topological polar surface area (TPSA) is 89.7 Å². The number of halogens is 3. The van der Waals surface area contributed by atoms with Gasteiger partial charge in [-0.2, -0.15) is 13.2 Å². The summed E-state index contributed by atoms with van der Waals surface area (Å²) in [4.78, 5) is 14.1. The summed E-state index contributed by atoms with van der Waals surface area (Å²) >= 11 is 0. The number of amides is 2. The minimum atomic E-state index is -4.69. The number of anilines is 1. The van der Waals surface area contributed by atoms with Gasteiger partial charge in [-0.05, 0) is 25.0 Å². The van der Waals surface area contributed by atoms with Gasteiger partial charge >= 0.3 is 18.1 Å². The van der Waals surface area contributed by atoms with Crippen LogP contribution in [0.25, 0.3) is 0 Å². The van der Waals surface area contributed by atoms with Gasteiger partial charge in [-0.15, -0.1) is 10.2 Å². The summed E-state index contributed by atoms with van der Waals surface area (Å²) in [6.07, 6.45) is -3.54. The molecule has 1 atom stereocenters. The second-order valence-electron chi connectivity index (χ2n) is 6.22. The maximum absolute atomic E-state index is 12.6. The molecule has 0 spiro atoms. The number of aromatic nitrogens is 2. The summed E-state index contributed by atoms with van der Waals surface area (Å²) in [7, 11) is 2.98. The molecule has 8 nitrogen and oxygen atoms in total. The maximum atomic E-state index is 12.6. The molecule has 1 saturated heterocycles. The number of methoxy groups -OCH3 is 2. The fourth-order valence-corrected chi connectivity index (χ4v) is 2.97. The lowest BCUT2D eigenvalue weighted by Crippen LogP contribution is -2.41. The normalized spacial score (nSPS) is 17.3. The molecule has 1 aliphatic rings. The van der Waals surface area contributed by atoms with Gasteiger partial charge in [0.25, 0.3) is 0 Å². The minimum absolute atomic E-state index is 0.119. The molecule has 28 heavy (non-hydrogen) atoms. The number of ether oxygens (including phenoxy) is 2. The van der Waals surface area contributed by atoms with E-state index in [4.69, 9.17) is 13.9 Å². The summed E-state index contributed by atoms with van der Waals surface area (Å²) in [6, 6.07) is 4.55. The molecule has 2 aromatic rings. The van der Waals surface area contributed by atoms with Crippen LogP contribution < -0.4 is 14.8 Å². The number of carbonyl (C=O) groups excluding carboxylic acids is 1.